The number of rotatable bonds is 0. The fourth-order valence-corrected chi connectivity index (χ4v) is 0. The van der Waals surface area contributed by atoms with Gasteiger partial charge in [0.2, 0.25) is 8.59 Å². The molecule has 0 saturated carbocycles. The Morgan fingerprint density at radius 3 is 1.86 bits per heavy atom. The van der Waals surface area contributed by atoms with Crippen LogP contribution in [0.25, 0.3) is 0 Å². The second-order valence-corrected chi connectivity index (χ2v) is 0.806. The lowest BCUT2D eigenvalue weighted by Gasteiger charge is -1.60. The van der Waals surface area contributed by atoms with Gasteiger partial charge in [0, 0.05) is 31.4 Å². The molecule has 0 aromatic rings. The zero-order chi connectivity index (χ0) is 16.7. The van der Waals surface area contributed by atoms with Crippen LogP contribution in [0.15, 0.2) is 0 Å². The van der Waals surface area contributed by atoms with E-state index in [1.807, 2.05) is 0 Å². The maximum absolute atomic E-state index is 10.5. The lowest BCUT2D eigenvalue weighted by molar-refractivity contribution is 0.690. The van der Waals surface area contributed by atoms with Crippen molar-refractivity contribution in [3.05, 3.63) is 0 Å². The van der Waals surface area contributed by atoms with Gasteiger partial charge in [-0.2, -0.15) is 0 Å². The van der Waals surface area contributed by atoms with Crippen LogP contribution >= 0.6 is 0 Å². The summed E-state index contributed by atoms with van der Waals surface area (Å²) in [4.78, 5) is 0. The van der Waals surface area contributed by atoms with Crippen molar-refractivity contribution in [3.63, 3.8) is 0 Å². The monoisotopic (exact) mass is 144 g/mol. The average molecular weight is 144 g/mol. The molecule has 0 spiro atoms. The summed E-state index contributed by atoms with van der Waals surface area (Å²) in [5.74, 6) is 0. The predicted octanol–water partition coefficient (Wildman–Crippen LogP) is -2.48. The normalized spacial score (nSPS) is 29.9. The molecule has 50 valence electrons. The molecule has 0 heterocycles. The van der Waals surface area contributed by atoms with E-state index in [9.17, 15) is 4.21 Å². The molecule has 0 aliphatic carbocycles. The second-order valence-electron chi connectivity index (χ2n) is 0.269. The molecule has 0 aromatic heterocycles. The molecule has 0 fully saturated rings. The quantitative estimate of drug-likeness (QED) is 0.368. The van der Waals surface area contributed by atoms with Gasteiger partial charge in [0.1, 0.15) is 0 Å². The van der Waals surface area contributed by atoms with Crippen molar-refractivity contribution in [2.45, 2.75) is 0 Å². The smallest absolute Gasteiger partial charge is 0.206 e. The molecule has 0 aliphatic heterocycles. The van der Waals surface area contributed by atoms with E-state index < -0.39 is 23.2 Å². The highest BCUT2D eigenvalue weighted by Gasteiger charge is 1.57. The SMILES string of the molecule is [2H]C([2H])([2H])S(=O)C([2H])([2H])[2H].[2H]O[2H].[2H]O[2H].[2H]O[2H]. The Bertz CT molecular complexity index is 168. The summed E-state index contributed by atoms with van der Waals surface area (Å²) in [6, 6.07) is 0. The van der Waals surface area contributed by atoms with Crippen molar-refractivity contribution in [1.29, 1.82) is 8.59 Å². The first-order valence-electron chi connectivity index (χ1n) is 6.02. The van der Waals surface area contributed by atoms with Gasteiger partial charge in [0.05, 0.1) is 0 Å². The second kappa shape index (κ2) is 16.6. The summed E-state index contributed by atoms with van der Waals surface area (Å²) in [6.07, 6.45) is -5.80. The van der Waals surface area contributed by atoms with Crippen molar-refractivity contribution >= 4 is 10.8 Å². The molecule has 0 rings (SSSR count). The van der Waals surface area contributed by atoms with Crippen molar-refractivity contribution in [2.24, 2.45) is 0 Å². The number of hydrogen-bond donors (Lipinski definition) is 0. The molecule has 0 atom stereocenters. The van der Waals surface area contributed by atoms with Gasteiger partial charge in [-0.1, -0.05) is 0 Å². The fraction of sp³-hybridized carbons (Fsp3) is 1.00. The standard InChI is InChI=1S/C2H6OS.3H2O/c1-4(2)3;;;/h1-2H3;3*1H2/i1D3,2D3;;;/hD6. The molecular weight excluding hydrogens is 120 g/mol. The molecule has 4 nitrogen and oxygen atoms in total. The average Bonchev–Trinajstić information content (AvgIpc) is 2.17. The Hall–Kier alpha value is 0.0300. The van der Waals surface area contributed by atoms with Gasteiger partial charge >= 0.3 is 0 Å². The third-order valence-corrected chi connectivity index (χ3v) is 0. The minimum Gasteiger partial charge on any atom is -0.412 e. The Morgan fingerprint density at radius 1 is 1.57 bits per heavy atom. The Morgan fingerprint density at radius 2 is 1.86 bits per heavy atom. The molecule has 0 aromatic carbocycles. The minimum absolute atomic E-state index is 2.75. The zero-order valence-corrected chi connectivity index (χ0v) is 3.86. The molecule has 5 heteroatoms. The fourth-order valence-electron chi connectivity index (χ4n) is 0. The molecule has 0 aliphatic rings. The van der Waals surface area contributed by atoms with Crippen LogP contribution in [0.3, 0.4) is 0 Å². The van der Waals surface area contributed by atoms with Crippen LogP contribution in [-0.2, 0) is 10.8 Å². The molecule has 0 amide bonds. The Labute approximate surface area is 62.3 Å². The lowest BCUT2D eigenvalue weighted by Crippen LogP contribution is -1.70. The summed E-state index contributed by atoms with van der Waals surface area (Å²) in [5, 5.41) is 0. The highest BCUT2D eigenvalue weighted by molar-refractivity contribution is 7.83. The highest BCUT2D eigenvalue weighted by atomic mass is 32.2. The van der Waals surface area contributed by atoms with Gasteiger partial charge in [-0.05, 0) is 0 Å². The van der Waals surface area contributed by atoms with Crippen LogP contribution in [-0.4, -0.2) is 41.6 Å². The maximum atomic E-state index is 10.5. The van der Waals surface area contributed by atoms with Crippen LogP contribution in [0.2, 0.25) is 0 Å². The van der Waals surface area contributed by atoms with E-state index in [1.54, 1.807) is 0 Å². The van der Waals surface area contributed by atoms with Crippen molar-refractivity contribution in [2.75, 3.05) is 12.4 Å². The topological polar surface area (TPSA) is 112 Å². The first kappa shape index (κ1) is 1.13. The van der Waals surface area contributed by atoms with E-state index in [2.05, 4.69) is 16.4 Å². The van der Waals surface area contributed by atoms with Gasteiger partial charge in [0.25, 0.3) is 0 Å². The number of hydrogen-bond acceptors (Lipinski definition) is 1. The Kier molecular flexibility index (Phi) is 2.69. The van der Waals surface area contributed by atoms with Crippen molar-refractivity contribution in [3.8, 4) is 0 Å². The molecule has 7 heavy (non-hydrogen) atoms. The van der Waals surface area contributed by atoms with E-state index in [-0.39, 0.29) is 0 Å². The van der Waals surface area contributed by atoms with Crippen LogP contribution in [0.4, 0.5) is 0 Å². The summed E-state index contributed by atoms with van der Waals surface area (Å²) in [5.41, 5.74) is 8.25. The summed E-state index contributed by atoms with van der Waals surface area (Å²) >= 11 is 0. The van der Waals surface area contributed by atoms with Crippen molar-refractivity contribution in [1.82, 2.24) is 0 Å². The first-order chi connectivity index (χ1) is 8.40. The first-order valence-corrected chi connectivity index (χ1v) is 1.72. The third kappa shape index (κ3) is 109000. The van der Waals surface area contributed by atoms with E-state index in [4.69, 9.17) is 16.8 Å². The van der Waals surface area contributed by atoms with Gasteiger partial charge in [0.15, 0.2) is 0 Å². The molecule has 6 N–H and O–H groups in total. The molecule has 0 bridgehead atoms. The molecular formula is C2H12O4S. The Balaban J connectivity index is -0.000000103. The molecule has 0 radical (unpaired) electrons. The van der Waals surface area contributed by atoms with Crippen molar-refractivity contribution < 1.29 is 28.9 Å². The van der Waals surface area contributed by atoms with Crippen LogP contribution < -0.4 is 0 Å². The zero-order valence-electron chi connectivity index (χ0n) is 15.0. The third-order valence-electron chi connectivity index (χ3n) is 0. The highest BCUT2D eigenvalue weighted by Crippen LogP contribution is 1.47. The van der Waals surface area contributed by atoms with Crippen LogP contribution in [0.5, 0.6) is 0 Å². The van der Waals surface area contributed by atoms with E-state index in [1.165, 1.54) is 0 Å². The van der Waals surface area contributed by atoms with Gasteiger partial charge in [-0.25, -0.2) is 0 Å². The summed E-state index contributed by atoms with van der Waals surface area (Å²) in [6.45, 7) is 0. The van der Waals surface area contributed by atoms with Gasteiger partial charge in [-0.15, -0.1) is 0 Å². The molecule has 0 saturated heterocycles. The van der Waals surface area contributed by atoms with Crippen LogP contribution in [0, 0.1) is 0 Å². The summed E-state index contributed by atoms with van der Waals surface area (Å²) in [7, 11) is -2.75. The van der Waals surface area contributed by atoms with Gasteiger partial charge in [-0.3, -0.25) is 4.21 Å². The molecule has 0 unspecified atom stereocenters. The summed E-state index contributed by atoms with van der Waals surface area (Å²) < 4.78 is 81.5. The van der Waals surface area contributed by atoms with E-state index >= 15 is 0 Å². The van der Waals surface area contributed by atoms with E-state index in [0.717, 1.165) is 0 Å². The lowest BCUT2D eigenvalue weighted by atomic mass is 11.9. The largest absolute Gasteiger partial charge is 0.412 e. The maximum Gasteiger partial charge on any atom is 0.206 e. The van der Waals surface area contributed by atoms with Crippen LogP contribution in [0.1, 0.15) is 8.22 Å². The predicted molar refractivity (Wildman–Crippen MR) is 30.8 cm³/mol. The minimum atomic E-state index is -2.90. The van der Waals surface area contributed by atoms with E-state index in [0.29, 0.717) is 0 Å². The van der Waals surface area contributed by atoms with Gasteiger partial charge < -0.3 is 16.4 Å².